The third-order valence-corrected chi connectivity index (χ3v) is 5.06. The van der Waals surface area contributed by atoms with Crippen LogP contribution < -0.4 is 5.32 Å². The summed E-state index contributed by atoms with van der Waals surface area (Å²) >= 11 is 3.82. The monoisotopic (exact) mass is 241 g/mol. The average molecular weight is 241 g/mol. The molecule has 1 aromatic rings. The first-order chi connectivity index (χ1) is 7.40. The number of hydrogen-bond donors (Lipinski definition) is 1. The highest BCUT2D eigenvalue weighted by molar-refractivity contribution is 7.99. The molecule has 2 unspecified atom stereocenters. The Balaban J connectivity index is 1.69. The van der Waals surface area contributed by atoms with Crippen LogP contribution in [0.2, 0.25) is 0 Å². The topological polar surface area (TPSA) is 12.0 Å². The average Bonchev–Trinajstić information content (AvgIpc) is 2.88. The first-order valence-electron chi connectivity index (χ1n) is 5.67. The van der Waals surface area contributed by atoms with E-state index in [0.29, 0.717) is 0 Å². The second-order valence-corrected chi connectivity index (χ2v) is 6.00. The summed E-state index contributed by atoms with van der Waals surface area (Å²) in [7, 11) is 0. The molecule has 84 valence electrons. The fourth-order valence-electron chi connectivity index (χ4n) is 2.28. The zero-order valence-electron chi connectivity index (χ0n) is 9.24. The molecule has 1 heterocycles. The largest absolute Gasteiger partial charge is 0.313 e. The van der Waals surface area contributed by atoms with Gasteiger partial charge in [0, 0.05) is 11.3 Å². The highest BCUT2D eigenvalue weighted by Gasteiger charge is 2.25. The normalized spacial score (nSPS) is 25.9. The van der Waals surface area contributed by atoms with Crippen molar-refractivity contribution in [3.05, 3.63) is 22.4 Å². The molecule has 1 N–H and O–H groups in total. The molecular formula is C12H19NS2. The van der Waals surface area contributed by atoms with Gasteiger partial charge >= 0.3 is 0 Å². The molecule has 0 aromatic carbocycles. The molecule has 0 spiro atoms. The van der Waals surface area contributed by atoms with Crippen LogP contribution in [-0.2, 0) is 6.42 Å². The van der Waals surface area contributed by atoms with Crippen LogP contribution in [0.3, 0.4) is 0 Å². The lowest BCUT2D eigenvalue weighted by molar-refractivity contribution is 0.536. The molecule has 0 radical (unpaired) electrons. The van der Waals surface area contributed by atoms with Crippen molar-refractivity contribution in [2.24, 2.45) is 0 Å². The summed E-state index contributed by atoms with van der Waals surface area (Å²) in [5.41, 5.74) is 1.48. The van der Waals surface area contributed by atoms with E-state index in [2.05, 4.69) is 28.4 Å². The second kappa shape index (κ2) is 5.92. The van der Waals surface area contributed by atoms with Crippen LogP contribution in [0.25, 0.3) is 0 Å². The smallest absolute Gasteiger partial charge is 0.0198 e. The van der Waals surface area contributed by atoms with E-state index in [1.54, 1.807) is 11.3 Å². The molecule has 1 aliphatic rings. The molecule has 1 aromatic heterocycles. The van der Waals surface area contributed by atoms with Gasteiger partial charge in [-0.25, -0.2) is 0 Å². The minimum Gasteiger partial charge on any atom is -0.313 e. The minimum atomic E-state index is 0.763. The van der Waals surface area contributed by atoms with Crippen LogP contribution >= 0.6 is 23.1 Å². The molecule has 2 rings (SSSR count). The molecule has 1 fully saturated rings. The van der Waals surface area contributed by atoms with E-state index in [-0.39, 0.29) is 0 Å². The van der Waals surface area contributed by atoms with Crippen molar-refractivity contribution in [1.29, 1.82) is 0 Å². The van der Waals surface area contributed by atoms with Crippen LogP contribution in [0.4, 0.5) is 0 Å². The number of thiophene rings is 1. The molecular weight excluding hydrogens is 222 g/mol. The second-order valence-electron chi connectivity index (χ2n) is 4.15. The molecule has 1 nitrogen and oxygen atoms in total. The van der Waals surface area contributed by atoms with E-state index in [9.17, 15) is 0 Å². The van der Waals surface area contributed by atoms with Crippen LogP contribution in [0.1, 0.15) is 24.8 Å². The Hall–Kier alpha value is 0.01000. The Morgan fingerprint density at radius 1 is 1.53 bits per heavy atom. The molecule has 2 atom stereocenters. The molecule has 15 heavy (non-hydrogen) atoms. The van der Waals surface area contributed by atoms with Crippen LogP contribution in [0.5, 0.6) is 0 Å². The lowest BCUT2D eigenvalue weighted by Gasteiger charge is -2.18. The van der Waals surface area contributed by atoms with Crippen LogP contribution in [0, 0.1) is 0 Å². The van der Waals surface area contributed by atoms with Gasteiger partial charge in [0.25, 0.3) is 0 Å². The number of rotatable bonds is 5. The van der Waals surface area contributed by atoms with Gasteiger partial charge in [-0.1, -0.05) is 6.42 Å². The summed E-state index contributed by atoms with van der Waals surface area (Å²) in [6.07, 6.45) is 7.60. The van der Waals surface area contributed by atoms with Gasteiger partial charge in [0.2, 0.25) is 0 Å². The lowest BCUT2D eigenvalue weighted by Crippen LogP contribution is -2.35. The van der Waals surface area contributed by atoms with E-state index < -0.39 is 0 Å². The predicted octanol–water partition coefficient (Wildman–Crippen LogP) is 3.16. The fraction of sp³-hybridized carbons (Fsp3) is 0.667. The van der Waals surface area contributed by atoms with Crippen LogP contribution in [0.15, 0.2) is 16.8 Å². The standard InChI is InChI=1S/C12H19NS2/c1-14-12-4-2-3-11(12)13-7-5-10-6-8-15-9-10/h6,8-9,11-13H,2-5,7H2,1H3. The predicted molar refractivity (Wildman–Crippen MR) is 71.0 cm³/mol. The van der Waals surface area contributed by atoms with Gasteiger partial charge < -0.3 is 5.32 Å². The number of hydrogen-bond acceptors (Lipinski definition) is 3. The van der Waals surface area contributed by atoms with Gasteiger partial charge in [-0.3, -0.25) is 0 Å². The molecule has 3 heteroatoms. The molecule has 0 saturated heterocycles. The summed E-state index contributed by atoms with van der Waals surface area (Å²) in [5.74, 6) is 0. The molecule has 0 aliphatic heterocycles. The summed E-state index contributed by atoms with van der Waals surface area (Å²) in [6, 6.07) is 2.99. The molecule has 0 amide bonds. The maximum atomic E-state index is 3.70. The lowest BCUT2D eigenvalue weighted by atomic mass is 10.2. The molecule has 0 bridgehead atoms. The third kappa shape index (κ3) is 3.23. The first-order valence-corrected chi connectivity index (χ1v) is 7.90. The van der Waals surface area contributed by atoms with Crippen molar-refractivity contribution >= 4 is 23.1 Å². The van der Waals surface area contributed by atoms with Gasteiger partial charge in [-0.15, -0.1) is 0 Å². The SMILES string of the molecule is CSC1CCCC1NCCc1ccsc1. The summed E-state index contributed by atoms with van der Waals surface area (Å²) in [6.45, 7) is 1.14. The van der Waals surface area contributed by atoms with Gasteiger partial charge in [-0.2, -0.15) is 23.1 Å². The quantitative estimate of drug-likeness (QED) is 0.850. The Kier molecular flexibility index (Phi) is 4.54. The van der Waals surface area contributed by atoms with E-state index in [4.69, 9.17) is 0 Å². The Morgan fingerprint density at radius 3 is 3.20 bits per heavy atom. The Labute approximate surface area is 101 Å². The minimum absolute atomic E-state index is 0.763. The van der Waals surface area contributed by atoms with E-state index in [0.717, 1.165) is 17.8 Å². The van der Waals surface area contributed by atoms with Gasteiger partial charge in [0.05, 0.1) is 0 Å². The Bertz CT molecular complexity index is 271. The maximum Gasteiger partial charge on any atom is 0.0198 e. The molecule has 1 saturated carbocycles. The van der Waals surface area contributed by atoms with Gasteiger partial charge in [-0.05, 0) is 54.5 Å². The van der Waals surface area contributed by atoms with Crippen molar-refractivity contribution in [2.75, 3.05) is 12.8 Å². The Morgan fingerprint density at radius 2 is 2.47 bits per heavy atom. The van der Waals surface area contributed by atoms with Crippen molar-refractivity contribution in [3.63, 3.8) is 0 Å². The third-order valence-electron chi connectivity index (χ3n) is 3.16. The highest BCUT2D eigenvalue weighted by atomic mass is 32.2. The zero-order valence-corrected chi connectivity index (χ0v) is 10.9. The maximum absolute atomic E-state index is 3.70. The van der Waals surface area contributed by atoms with Crippen molar-refractivity contribution in [1.82, 2.24) is 5.32 Å². The van der Waals surface area contributed by atoms with E-state index >= 15 is 0 Å². The van der Waals surface area contributed by atoms with Gasteiger partial charge in [0.15, 0.2) is 0 Å². The van der Waals surface area contributed by atoms with E-state index in [1.807, 2.05) is 11.8 Å². The number of nitrogens with one attached hydrogen (secondary N) is 1. The fourth-order valence-corrected chi connectivity index (χ4v) is 3.94. The highest BCUT2D eigenvalue weighted by Crippen LogP contribution is 2.28. The van der Waals surface area contributed by atoms with Gasteiger partial charge in [0.1, 0.15) is 0 Å². The van der Waals surface area contributed by atoms with Crippen molar-refractivity contribution in [3.8, 4) is 0 Å². The van der Waals surface area contributed by atoms with Crippen molar-refractivity contribution in [2.45, 2.75) is 37.0 Å². The first kappa shape index (κ1) is 11.5. The van der Waals surface area contributed by atoms with E-state index in [1.165, 1.54) is 31.2 Å². The zero-order chi connectivity index (χ0) is 10.5. The van der Waals surface area contributed by atoms with Crippen molar-refractivity contribution < 1.29 is 0 Å². The summed E-state index contributed by atoms with van der Waals surface area (Å²) in [4.78, 5) is 0. The molecule has 1 aliphatic carbocycles. The summed E-state index contributed by atoms with van der Waals surface area (Å²) < 4.78 is 0. The van der Waals surface area contributed by atoms with Crippen LogP contribution in [-0.4, -0.2) is 24.1 Å². The summed E-state index contributed by atoms with van der Waals surface area (Å²) in [5, 5.41) is 8.97. The number of thioether (sulfide) groups is 1.